The van der Waals surface area contributed by atoms with Gasteiger partial charge in [0.2, 0.25) is 5.91 Å². The van der Waals surface area contributed by atoms with Gasteiger partial charge < -0.3 is 10.1 Å². The lowest BCUT2D eigenvalue weighted by Gasteiger charge is -2.17. The van der Waals surface area contributed by atoms with Crippen molar-refractivity contribution in [1.82, 2.24) is 4.98 Å². The van der Waals surface area contributed by atoms with Crippen LogP contribution in [0.15, 0.2) is 36.5 Å². The number of carbonyl (C=O) groups is 1. The highest BCUT2D eigenvalue weighted by atomic mass is 32.1. The minimum Gasteiger partial charge on any atom is -0.494 e. The molecule has 0 radical (unpaired) electrons. The molecule has 0 unspecified atom stereocenters. The number of hydrogen-bond donors (Lipinski definition) is 1. The Morgan fingerprint density at radius 3 is 2.83 bits per heavy atom. The third-order valence-corrected chi connectivity index (χ3v) is 4.12. The van der Waals surface area contributed by atoms with E-state index in [0.29, 0.717) is 24.3 Å². The van der Waals surface area contributed by atoms with Crippen LogP contribution >= 0.6 is 0 Å². The van der Waals surface area contributed by atoms with E-state index in [1.165, 1.54) is 11.3 Å². The Balaban J connectivity index is 0.000000231. The number of carbonyl (C=O) groups excluding carboxylic acids is 1. The zero-order valence-electron chi connectivity index (χ0n) is 13.2. The predicted octanol–water partition coefficient (Wildman–Crippen LogP) is 2.81. The van der Waals surface area contributed by atoms with Gasteiger partial charge in [0.1, 0.15) is 5.75 Å². The molecule has 0 fully saturated rings. The molecule has 24 heavy (non-hydrogen) atoms. The summed E-state index contributed by atoms with van der Waals surface area (Å²) in [6.07, 6.45) is 4.72. The monoisotopic (exact) mass is 342 g/mol. The topological polar surface area (TPSA) is 68.3 Å². The van der Waals surface area contributed by atoms with E-state index in [1.807, 2.05) is 30.5 Å². The summed E-state index contributed by atoms with van der Waals surface area (Å²) < 4.78 is 15.7. The summed E-state index contributed by atoms with van der Waals surface area (Å²) in [5.74, 6) is 0.890. The fourth-order valence-electron chi connectivity index (χ4n) is 2.41. The van der Waals surface area contributed by atoms with E-state index in [2.05, 4.69) is 16.4 Å². The van der Waals surface area contributed by atoms with E-state index < -0.39 is 0 Å². The lowest BCUT2D eigenvalue weighted by Crippen LogP contribution is -2.18. The van der Waals surface area contributed by atoms with E-state index in [4.69, 9.17) is 4.74 Å². The first-order valence-corrected chi connectivity index (χ1v) is 8.69. The van der Waals surface area contributed by atoms with Gasteiger partial charge in [0.15, 0.2) is 0 Å². The second-order valence-corrected chi connectivity index (χ2v) is 6.08. The maximum atomic E-state index is 11.2. The van der Waals surface area contributed by atoms with Crippen molar-refractivity contribution < 1.29 is 13.7 Å². The molecule has 0 spiro atoms. The van der Waals surface area contributed by atoms with Crippen molar-refractivity contribution in [3.8, 4) is 17.0 Å². The van der Waals surface area contributed by atoms with Crippen molar-refractivity contribution >= 4 is 28.2 Å². The van der Waals surface area contributed by atoms with Gasteiger partial charge in [-0.2, -0.15) is 0 Å². The number of fused-ring (bicyclic) bond motifs is 2. The van der Waals surface area contributed by atoms with Crippen molar-refractivity contribution in [3.63, 3.8) is 0 Å². The SMILES string of the molecule is O=S=CCCCOc1ccc2c(c1)CCC(=O)N2.c1cc2cc-2n1. The van der Waals surface area contributed by atoms with Crippen LogP contribution in [0.2, 0.25) is 0 Å². The van der Waals surface area contributed by atoms with Crippen molar-refractivity contribution in [2.75, 3.05) is 11.9 Å². The fourth-order valence-corrected chi connectivity index (χ4v) is 2.67. The molecule has 6 heteroatoms. The second kappa shape index (κ2) is 7.88. The Hall–Kier alpha value is -2.47. The number of aryl methyl sites for hydroxylation is 1. The number of nitrogens with one attached hydrogen (secondary N) is 1. The van der Waals surface area contributed by atoms with Gasteiger partial charge in [-0.15, -0.1) is 0 Å². The van der Waals surface area contributed by atoms with Crippen LogP contribution in [0.1, 0.15) is 24.8 Å². The highest BCUT2D eigenvalue weighted by Gasteiger charge is 2.14. The number of ether oxygens (including phenoxy) is 1. The molecule has 0 saturated carbocycles. The molecule has 1 aromatic carbocycles. The lowest BCUT2D eigenvalue weighted by molar-refractivity contribution is -0.116. The zero-order valence-corrected chi connectivity index (χ0v) is 14.0. The number of aromatic nitrogens is 1. The van der Waals surface area contributed by atoms with E-state index >= 15 is 0 Å². The number of pyridine rings is 1. The number of nitrogens with zero attached hydrogens (tertiary/aromatic N) is 1. The largest absolute Gasteiger partial charge is 0.494 e. The number of amides is 1. The average Bonchev–Trinajstić information content (AvgIpc) is 3.20. The standard InChI is InChI=1S/C13H15NO3S.C5H3N/c15-13-6-3-10-9-11(4-5-12(10)14-13)17-7-1-2-8-18-16;1-2-6-5-3-4(1)5/h4-5,8-9H,1-3,6-7H2,(H,14,15);1-3H. The van der Waals surface area contributed by atoms with E-state index in [9.17, 15) is 9.00 Å². The van der Waals surface area contributed by atoms with Gasteiger partial charge in [-0.1, -0.05) is 0 Å². The summed E-state index contributed by atoms with van der Waals surface area (Å²) in [6.45, 7) is 0.599. The predicted molar refractivity (Wildman–Crippen MR) is 95.6 cm³/mol. The van der Waals surface area contributed by atoms with Gasteiger partial charge in [0.05, 0.1) is 23.6 Å². The fraction of sp³-hybridized carbons (Fsp3) is 0.278. The van der Waals surface area contributed by atoms with Crippen LogP contribution in [-0.2, 0) is 22.5 Å². The third-order valence-electron chi connectivity index (χ3n) is 3.75. The number of rotatable bonds is 5. The first-order valence-electron chi connectivity index (χ1n) is 7.88. The zero-order chi connectivity index (χ0) is 16.8. The van der Waals surface area contributed by atoms with Crippen molar-refractivity contribution in [3.05, 3.63) is 42.1 Å². The number of benzene rings is 1. The second-order valence-electron chi connectivity index (χ2n) is 5.55. The highest BCUT2D eigenvalue weighted by molar-refractivity contribution is 7.64. The van der Waals surface area contributed by atoms with Gasteiger partial charge in [-0.25, -0.2) is 4.21 Å². The summed E-state index contributed by atoms with van der Waals surface area (Å²) in [5.41, 5.74) is 4.49. The molecule has 1 N–H and O–H groups in total. The highest BCUT2D eigenvalue weighted by Crippen LogP contribution is 2.29. The molecular weight excluding hydrogens is 324 g/mol. The Kier molecular flexibility index (Phi) is 5.38. The molecule has 0 atom stereocenters. The molecule has 3 aliphatic rings. The summed E-state index contributed by atoms with van der Waals surface area (Å²) in [5, 5.41) is 4.46. The smallest absolute Gasteiger partial charge is 0.224 e. The van der Waals surface area contributed by atoms with E-state index in [0.717, 1.165) is 36.3 Å². The van der Waals surface area contributed by atoms with Crippen molar-refractivity contribution in [2.24, 2.45) is 0 Å². The van der Waals surface area contributed by atoms with Crippen molar-refractivity contribution in [1.29, 1.82) is 0 Å². The Morgan fingerprint density at radius 2 is 2.17 bits per heavy atom. The van der Waals surface area contributed by atoms with Gasteiger partial charge in [0, 0.05) is 29.2 Å². The molecule has 5 nitrogen and oxygen atoms in total. The summed E-state index contributed by atoms with van der Waals surface area (Å²) in [6, 6.07) is 9.77. The first-order chi connectivity index (χ1) is 11.8. The summed E-state index contributed by atoms with van der Waals surface area (Å²) in [7, 11) is 0. The minimum atomic E-state index is 0.0711. The number of anilines is 1. The molecule has 2 aliphatic heterocycles. The minimum absolute atomic E-state index is 0.0711. The molecule has 0 saturated heterocycles. The molecule has 1 amide bonds. The molecule has 4 rings (SSSR count). The van der Waals surface area contributed by atoms with E-state index in [-0.39, 0.29) is 5.91 Å². The van der Waals surface area contributed by atoms with Gasteiger partial charge in [-0.05, 0) is 55.2 Å². The van der Waals surface area contributed by atoms with Crippen LogP contribution in [0.3, 0.4) is 0 Å². The van der Waals surface area contributed by atoms with Crippen LogP contribution in [0.5, 0.6) is 5.75 Å². The number of hydrogen-bond acceptors (Lipinski definition) is 4. The third kappa shape index (κ3) is 4.52. The molecule has 1 aromatic rings. The first kappa shape index (κ1) is 16.4. The Bertz CT molecular complexity index is 783. The average molecular weight is 342 g/mol. The maximum absolute atomic E-state index is 11.2. The normalized spacial score (nSPS) is 12.9. The van der Waals surface area contributed by atoms with Crippen LogP contribution in [0, 0.1) is 0 Å². The maximum Gasteiger partial charge on any atom is 0.224 e. The van der Waals surface area contributed by atoms with Gasteiger partial charge >= 0.3 is 0 Å². The molecule has 1 aliphatic carbocycles. The van der Waals surface area contributed by atoms with Gasteiger partial charge in [-0.3, -0.25) is 9.78 Å². The molecular formula is C18H18N2O3S. The number of unbranched alkanes of at least 4 members (excludes halogenated alkanes) is 1. The molecule has 0 aromatic heterocycles. The molecule has 2 heterocycles. The lowest BCUT2D eigenvalue weighted by atomic mass is 10.0. The van der Waals surface area contributed by atoms with Crippen LogP contribution < -0.4 is 10.1 Å². The van der Waals surface area contributed by atoms with Crippen LogP contribution in [0.4, 0.5) is 5.69 Å². The van der Waals surface area contributed by atoms with Crippen molar-refractivity contribution in [2.45, 2.75) is 25.7 Å². The molecule has 124 valence electrons. The Morgan fingerprint density at radius 1 is 1.25 bits per heavy atom. The summed E-state index contributed by atoms with van der Waals surface area (Å²) >= 11 is 0.496. The van der Waals surface area contributed by atoms with Crippen LogP contribution in [-0.4, -0.2) is 27.1 Å². The van der Waals surface area contributed by atoms with Gasteiger partial charge in [0.25, 0.3) is 0 Å². The van der Waals surface area contributed by atoms with E-state index in [1.54, 1.807) is 5.37 Å². The quantitative estimate of drug-likeness (QED) is 0.572. The molecule has 0 bridgehead atoms. The van der Waals surface area contributed by atoms with Crippen LogP contribution in [0.25, 0.3) is 11.3 Å². The Labute approximate surface area is 144 Å². The summed E-state index contributed by atoms with van der Waals surface area (Å²) in [4.78, 5) is 15.2.